The van der Waals surface area contributed by atoms with Crippen molar-refractivity contribution in [1.29, 1.82) is 0 Å². The molecule has 4 aromatic heterocycles. The van der Waals surface area contributed by atoms with E-state index in [9.17, 15) is 34.8 Å². The zero-order valence-electron chi connectivity index (χ0n) is 27.0. The number of urea groups is 1. The highest BCUT2D eigenvalue weighted by Gasteiger charge is 2.48. The van der Waals surface area contributed by atoms with Gasteiger partial charge in [-0.25, -0.2) is 14.3 Å². The fourth-order valence-electron chi connectivity index (χ4n) is 5.54. The van der Waals surface area contributed by atoms with E-state index in [2.05, 4.69) is 25.3 Å². The van der Waals surface area contributed by atoms with E-state index in [1.54, 1.807) is 25.0 Å². The normalized spacial score (nSPS) is 27.7. The third kappa shape index (κ3) is 7.52. The van der Waals surface area contributed by atoms with Crippen molar-refractivity contribution in [3.63, 3.8) is 0 Å². The maximum absolute atomic E-state index is 11.9. The molecule has 52 heavy (non-hydrogen) atoms. The van der Waals surface area contributed by atoms with E-state index >= 15 is 0 Å². The van der Waals surface area contributed by atoms with Crippen molar-refractivity contribution in [3.8, 4) is 0 Å². The summed E-state index contributed by atoms with van der Waals surface area (Å²) in [5, 5.41) is 59.9. The van der Waals surface area contributed by atoms with Crippen LogP contribution < -0.4 is 37.2 Å². The fourth-order valence-corrected chi connectivity index (χ4v) is 5.54. The minimum absolute atomic E-state index is 0. The molecule has 0 aromatic carbocycles. The molecule has 0 radical (unpaired) electrons. The molecule has 9 atom stereocenters. The minimum atomic E-state index is -1.29. The van der Waals surface area contributed by atoms with Crippen LogP contribution in [0.3, 0.4) is 0 Å². The molecule has 23 nitrogen and oxygen atoms in total. The molecule has 13 N–H and O–H groups in total. The van der Waals surface area contributed by atoms with Crippen molar-refractivity contribution in [2.75, 3.05) is 31.3 Å². The van der Waals surface area contributed by atoms with Crippen LogP contribution in [0.5, 0.6) is 0 Å². The van der Waals surface area contributed by atoms with Crippen LogP contribution in [0.1, 0.15) is 39.2 Å². The second kappa shape index (κ2) is 16.7. The molecule has 9 unspecified atom stereocenters. The first-order valence-electron chi connectivity index (χ1n) is 15.1. The van der Waals surface area contributed by atoms with Crippen molar-refractivity contribution in [3.05, 3.63) is 57.8 Å². The number of aliphatic hydroxyl groups is 6. The number of aliphatic hydroxyl groups excluding tert-OH is 6. The zero-order valence-corrected chi connectivity index (χ0v) is 27.0. The number of carbonyl (C=O) groups excluding carboxylic acids is 1. The SMILES string of the molecule is C.C.CN1C(=O)Nc2nc[nH]c2C1N.Cn1c(N)cc[n+](C2OC(CO)C(O)C2O)c1=O.Cn1c[n+](C2OC(CO)C(O)C2O)c2nc[nH]c(=O)c21. The Kier molecular flexibility index (Phi) is 13.3. The monoisotopic (exact) mass is 740 g/mol. The lowest BCUT2D eigenvalue weighted by atomic mass is 10.1. The number of imidazole rings is 2. The van der Waals surface area contributed by atoms with Crippen molar-refractivity contribution >= 4 is 28.8 Å². The number of amides is 2. The van der Waals surface area contributed by atoms with Gasteiger partial charge in [0.2, 0.25) is 18.0 Å². The Labute approximate surface area is 295 Å². The van der Waals surface area contributed by atoms with Gasteiger partial charge in [-0.3, -0.25) is 19.7 Å². The molecule has 0 aliphatic carbocycles. The van der Waals surface area contributed by atoms with Gasteiger partial charge in [-0.2, -0.15) is 13.9 Å². The lowest BCUT2D eigenvalue weighted by Gasteiger charge is -2.28. The Morgan fingerprint density at radius 3 is 1.98 bits per heavy atom. The average molecular weight is 741 g/mol. The number of nitrogens with one attached hydrogen (secondary N) is 3. The number of hydrogen-bond donors (Lipinski definition) is 11. The van der Waals surface area contributed by atoms with Crippen molar-refractivity contribution in [2.45, 2.75) is 70.1 Å². The third-order valence-corrected chi connectivity index (χ3v) is 8.52. The van der Waals surface area contributed by atoms with Crippen molar-refractivity contribution in [2.24, 2.45) is 19.8 Å². The number of fused-ring (bicyclic) bond motifs is 2. The summed E-state index contributed by atoms with van der Waals surface area (Å²) in [5.41, 5.74) is 11.9. The first-order chi connectivity index (χ1) is 23.7. The molecule has 7 heterocycles. The summed E-state index contributed by atoms with van der Waals surface area (Å²) in [6.07, 6.45) is -3.46. The number of ether oxygens (including phenoxy) is 2. The first kappa shape index (κ1) is 41.6. The molecule has 2 saturated heterocycles. The van der Waals surface area contributed by atoms with E-state index in [0.717, 1.165) is 10.3 Å². The second-order valence-corrected chi connectivity index (χ2v) is 11.6. The van der Waals surface area contributed by atoms with Crippen LogP contribution in [-0.2, 0) is 23.6 Å². The predicted molar refractivity (Wildman–Crippen MR) is 180 cm³/mol. The smallest absolute Gasteiger partial charge is 0.394 e. The summed E-state index contributed by atoms with van der Waals surface area (Å²) in [6, 6.07) is 1.25. The number of nitrogen functional groups attached to an aromatic ring is 1. The Morgan fingerprint density at radius 2 is 1.42 bits per heavy atom. The van der Waals surface area contributed by atoms with Crippen LogP contribution in [0.15, 0.2) is 40.8 Å². The highest BCUT2D eigenvalue weighted by atomic mass is 16.6. The van der Waals surface area contributed by atoms with Crippen molar-refractivity contribution < 1.29 is 54.0 Å². The molecule has 2 fully saturated rings. The standard InChI is InChI=1S/C11H14N4O5.C10H15N3O5.C6H9N5O.2CH4/c1-14-4-15(9-6(14)10(19)13-3-12-9)11-8(18)7(17)5(2-16)20-11;1-12-6(11)2-3-13(10(12)17)9-8(16)7(15)5(4-14)18-9;1-11-4(7)3-5(9-2-8-3)10-6(11)12;;/h3-5,7-8,11,16-18H,2H2,1H3;2-3,5,7-9,11,14-16H,4H2,1H3;2,4H,7H2,1H3,(H,8,9)(H,10,12);2*1H4/p+2. The van der Waals surface area contributed by atoms with E-state index in [4.69, 9.17) is 31.2 Å². The van der Waals surface area contributed by atoms with Gasteiger partial charge in [0.25, 0.3) is 5.56 Å². The first-order valence-corrected chi connectivity index (χ1v) is 15.1. The number of nitrogens with zero attached hydrogens (tertiary/aromatic N) is 7. The zero-order chi connectivity index (χ0) is 36.6. The van der Waals surface area contributed by atoms with Crippen LogP contribution in [0.2, 0.25) is 0 Å². The van der Waals surface area contributed by atoms with Crippen LogP contribution in [0, 0.1) is 0 Å². The minimum Gasteiger partial charge on any atom is -0.394 e. The molecule has 2 amide bonds. The number of carbonyl (C=O) groups is 1. The largest absolute Gasteiger partial charge is 0.501 e. The van der Waals surface area contributed by atoms with E-state index in [-0.39, 0.29) is 32.3 Å². The topological polar surface area (TPSA) is 333 Å². The number of aromatic nitrogens is 8. The van der Waals surface area contributed by atoms with Gasteiger partial charge >= 0.3 is 17.4 Å². The number of rotatable bonds is 4. The van der Waals surface area contributed by atoms with Crippen LogP contribution in [0.4, 0.5) is 16.4 Å². The molecule has 3 aliphatic rings. The summed E-state index contributed by atoms with van der Waals surface area (Å²) in [7, 11) is 4.77. The number of nitrogens with two attached hydrogens (primary N) is 2. The van der Waals surface area contributed by atoms with Gasteiger partial charge in [-0.05, 0) is 0 Å². The van der Waals surface area contributed by atoms with Crippen molar-refractivity contribution in [1.82, 2.24) is 34.0 Å². The summed E-state index contributed by atoms with van der Waals surface area (Å²) in [5.74, 6) is 0.786. The molecule has 7 rings (SSSR count). The third-order valence-electron chi connectivity index (χ3n) is 8.52. The van der Waals surface area contributed by atoms with Crippen LogP contribution >= 0.6 is 0 Å². The predicted octanol–water partition coefficient (Wildman–Crippen LogP) is -4.86. The van der Waals surface area contributed by atoms with Crippen LogP contribution in [0.25, 0.3) is 11.2 Å². The number of aryl methyl sites for hydroxylation is 1. The summed E-state index contributed by atoms with van der Waals surface area (Å²) < 4.78 is 16.0. The van der Waals surface area contributed by atoms with Gasteiger partial charge < -0.3 is 61.5 Å². The number of hydrogen-bond acceptors (Lipinski definition) is 15. The summed E-state index contributed by atoms with van der Waals surface area (Å²) in [4.78, 5) is 49.6. The van der Waals surface area contributed by atoms with E-state index in [0.29, 0.717) is 17.0 Å². The van der Waals surface area contributed by atoms with E-state index < -0.39 is 74.1 Å². The molecule has 4 aromatic rings. The van der Waals surface area contributed by atoms with Gasteiger partial charge in [-0.15, -0.1) is 0 Å². The molecule has 3 aliphatic heterocycles. The van der Waals surface area contributed by atoms with Gasteiger partial charge in [0, 0.05) is 13.1 Å². The Balaban J connectivity index is 0.000000212. The van der Waals surface area contributed by atoms with E-state index in [1.165, 1.54) is 46.0 Å². The molecule has 23 heteroatoms. The Bertz CT molecular complexity index is 1950. The molecule has 0 spiro atoms. The molecule has 288 valence electrons. The molecule has 0 bridgehead atoms. The lowest BCUT2D eigenvalue weighted by molar-refractivity contribution is -0.781. The van der Waals surface area contributed by atoms with Gasteiger partial charge in [0.05, 0.1) is 39.3 Å². The number of aromatic amines is 2. The fraction of sp³-hybridized carbons (Fsp3) is 0.552. The maximum atomic E-state index is 11.9. The average Bonchev–Trinajstić information content (AvgIpc) is 3.85. The Morgan fingerprint density at radius 1 is 0.865 bits per heavy atom. The molecular formula is C29H48N12O11+2. The quantitative estimate of drug-likeness (QED) is 0.0874. The number of H-pyrrole nitrogens is 2. The lowest BCUT2D eigenvalue weighted by Crippen LogP contribution is -2.59. The van der Waals surface area contributed by atoms with Gasteiger partial charge in [0.1, 0.15) is 49.0 Å². The Hall–Kier alpha value is -4.85. The van der Waals surface area contributed by atoms with Gasteiger partial charge in [0.15, 0.2) is 24.3 Å². The second-order valence-electron chi connectivity index (χ2n) is 11.6. The highest BCUT2D eigenvalue weighted by molar-refractivity contribution is 5.91. The van der Waals surface area contributed by atoms with Crippen LogP contribution in [-0.4, -0.2) is 128 Å². The van der Waals surface area contributed by atoms with Gasteiger partial charge in [-0.1, -0.05) is 19.8 Å². The maximum Gasteiger partial charge on any atom is 0.501 e. The summed E-state index contributed by atoms with van der Waals surface area (Å²) >= 11 is 0. The number of anilines is 2. The van der Waals surface area contributed by atoms with E-state index in [1.807, 2.05) is 0 Å². The highest BCUT2D eigenvalue weighted by Crippen LogP contribution is 2.27. The summed E-state index contributed by atoms with van der Waals surface area (Å²) in [6.45, 7) is -0.849. The molecule has 0 saturated carbocycles. The molecular weight excluding hydrogens is 692 g/mol.